The molecule has 5 aromatic rings. The molecule has 5 nitrogen and oxygen atoms in total. The van der Waals surface area contributed by atoms with Crippen LogP contribution < -0.4 is 10.9 Å². The van der Waals surface area contributed by atoms with Crippen molar-refractivity contribution in [2.45, 2.75) is 0 Å². The number of fused-ring (bicyclic) bond motifs is 3. The summed E-state index contributed by atoms with van der Waals surface area (Å²) in [6.07, 6.45) is 1.79. The van der Waals surface area contributed by atoms with Gasteiger partial charge in [0.1, 0.15) is 5.52 Å². The Bertz CT molecular complexity index is 1280. The van der Waals surface area contributed by atoms with Gasteiger partial charge in [0, 0.05) is 39.1 Å². The smallest absolute Gasteiger partial charge is 0.272 e. The third-order valence-electron chi connectivity index (χ3n) is 4.36. The number of H-pyrrole nitrogens is 2. The van der Waals surface area contributed by atoms with Crippen molar-refractivity contribution >= 4 is 44.0 Å². The Morgan fingerprint density at radius 2 is 1.88 bits per heavy atom. The summed E-state index contributed by atoms with van der Waals surface area (Å²) in [5, 5.41) is 8.12. The highest BCUT2D eigenvalue weighted by molar-refractivity contribution is 7.14. The lowest BCUT2D eigenvalue weighted by Gasteiger charge is -2.03. The maximum Gasteiger partial charge on any atom is 0.272 e. The van der Waals surface area contributed by atoms with Gasteiger partial charge in [0.25, 0.3) is 5.56 Å². The summed E-state index contributed by atoms with van der Waals surface area (Å²) in [6.45, 7) is 0. The zero-order chi connectivity index (χ0) is 17.5. The van der Waals surface area contributed by atoms with E-state index in [1.54, 1.807) is 17.5 Å². The van der Waals surface area contributed by atoms with Gasteiger partial charge in [-0.1, -0.05) is 24.3 Å². The maximum absolute atomic E-state index is 12.1. The van der Waals surface area contributed by atoms with E-state index in [0.717, 1.165) is 38.4 Å². The Morgan fingerprint density at radius 3 is 2.77 bits per heavy atom. The molecule has 0 saturated heterocycles. The summed E-state index contributed by atoms with van der Waals surface area (Å²) < 4.78 is 0. The molecule has 6 heteroatoms. The van der Waals surface area contributed by atoms with Crippen LogP contribution in [0, 0.1) is 0 Å². The molecule has 0 aliphatic rings. The molecule has 0 radical (unpaired) electrons. The fourth-order valence-electron chi connectivity index (χ4n) is 3.11. The molecule has 0 bridgehead atoms. The third-order valence-corrected chi connectivity index (χ3v) is 5.11. The van der Waals surface area contributed by atoms with E-state index in [0.29, 0.717) is 5.52 Å². The largest absolute Gasteiger partial charge is 0.357 e. The lowest BCUT2D eigenvalue weighted by atomic mass is 10.1. The van der Waals surface area contributed by atoms with Crippen molar-refractivity contribution in [1.82, 2.24) is 15.0 Å². The number of hydrogen-bond donors (Lipinski definition) is 3. The highest BCUT2D eigenvalue weighted by atomic mass is 32.1. The quantitative estimate of drug-likeness (QED) is 0.430. The number of pyridine rings is 1. The summed E-state index contributed by atoms with van der Waals surface area (Å²) in [4.78, 5) is 22.7. The second-order valence-electron chi connectivity index (χ2n) is 6.01. The molecule has 0 aliphatic carbocycles. The van der Waals surface area contributed by atoms with Gasteiger partial charge in [-0.05, 0) is 30.3 Å². The number of rotatable bonds is 3. The molecule has 3 aromatic heterocycles. The zero-order valence-electron chi connectivity index (χ0n) is 13.6. The van der Waals surface area contributed by atoms with E-state index in [1.807, 2.05) is 53.9 Å². The Labute approximate surface area is 152 Å². The molecule has 3 N–H and O–H groups in total. The Hall–Kier alpha value is -3.38. The highest BCUT2D eigenvalue weighted by Gasteiger charge is 2.10. The van der Waals surface area contributed by atoms with Gasteiger partial charge in [0.2, 0.25) is 0 Å². The van der Waals surface area contributed by atoms with Gasteiger partial charge in [0.05, 0.1) is 5.69 Å². The van der Waals surface area contributed by atoms with Gasteiger partial charge in [0.15, 0.2) is 5.13 Å². The second kappa shape index (κ2) is 5.86. The van der Waals surface area contributed by atoms with Crippen LogP contribution in [0.15, 0.2) is 71.0 Å². The SMILES string of the molecule is O=c1[nH]c2ccc(-c3csc(Nc4ccccc4)n3)cc2c2cc[nH]c12. The average Bonchev–Trinajstić information content (AvgIpc) is 3.33. The number of aromatic amines is 2. The van der Waals surface area contributed by atoms with Crippen molar-refractivity contribution in [1.29, 1.82) is 0 Å². The molecule has 0 spiro atoms. The van der Waals surface area contributed by atoms with Crippen LogP contribution in [-0.2, 0) is 0 Å². The molecule has 0 amide bonds. The predicted molar refractivity (Wildman–Crippen MR) is 107 cm³/mol. The molecule has 26 heavy (non-hydrogen) atoms. The van der Waals surface area contributed by atoms with Crippen molar-refractivity contribution in [3.8, 4) is 11.3 Å². The number of aromatic nitrogens is 3. The van der Waals surface area contributed by atoms with E-state index in [1.165, 1.54) is 0 Å². The minimum atomic E-state index is -0.103. The molecular weight excluding hydrogens is 344 g/mol. The number of para-hydroxylation sites is 1. The normalized spacial score (nSPS) is 11.2. The summed E-state index contributed by atoms with van der Waals surface area (Å²) in [7, 11) is 0. The van der Waals surface area contributed by atoms with Gasteiger partial charge >= 0.3 is 0 Å². The van der Waals surface area contributed by atoms with Crippen molar-refractivity contribution in [2.75, 3.05) is 5.32 Å². The molecule has 0 unspecified atom stereocenters. The standard InChI is InChI=1S/C20H14N4OS/c25-19-18-14(8-9-21-18)15-10-12(6-7-16(15)23-19)17-11-26-20(24-17)22-13-4-2-1-3-5-13/h1-11,21H,(H,22,24)(H,23,25). The first-order valence-electron chi connectivity index (χ1n) is 8.19. The molecule has 0 fully saturated rings. The Kier molecular flexibility index (Phi) is 3.36. The predicted octanol–water partition coefficient (Wildman–Crippen LogP) is 4.88. The number of benzene rings is 2. The minimum absolute atomic E-state index is 0.103. The van der Waals surface area contributed by atoms with Crippen LogP contribution in [0.3, 0.4) is 0 Å². The topological polar surface area (TPSA) is 73.6 Å². The van der Waals surface area contributed by atoms with Crippen LogP contribution in [0.1, 0.15) is 0 Å². The first-order valence-corrected chi connectivity index (χ1v) is 9.07. The van der Waals surface area contributed by atoms with Crippen LogP contribution in [0.2, 0.25) is 0 Å². The van der Waals surface area contributed by atoms with E-state index in [-0.39, 0.29) is 5.56 Å². The number of thiazole rings is 1. The van der Waals surface area contributed by atoms with E-state index in [4.69, 9.17) is 4.98 Å². The minimum Gasteiger partial charge on any atom is -0.357 e. The van der Waals surface area contributed by atoms with Crippen molar-refractivity contribution in [2.24, 2.45) is 0 Å². The first-order chi connectivity index (χ1) is 12.8. The average molecular weight is 358 g/mol. The van der Waals surface area contributed by atoms with E-state index < -0.39 is 0 Å². The highest BCUT2D eigenvalue weighted by Crippen LogP contribution is 2.30. The van der Waals surface area contributed by atoms with Crippen LogP contribution >= 0.6 is 11.3 Å². The fourth-order valence-corrected chi connectivity index (χ4v) is 3.85. The first kappa shape index (κ1) is 14.9. The van der Waals surface area contributed by atoms with E-state index in [2.05, 4.69) is 21.4 Å². The van der Waals surface area contributed by atoms with Gasteiger partial charge in [-0.25, -0.2) is 4.98 Å². The molecule has 2 aromatic carbocycles. The van der Waals surface area contributed by atoms with Gasteiger partial charge < -0.3 is 15.3 Å². The lowest BCUT2D eigenvalue weighted by Crippen LogP contribution is -2.05. The lowest BCUT2D eigenvalue weighted by molar-refractivity contribution is 1.31. The summed E-state index contributed by atoms with van der Waals surface area (Å²) >= 11 is 1.57. The van der Waals surface area contributed by atoms with E-state index in [9.17, 15) is 4.79 Å². The fraction of sp³-hybridized carbons (Fsp3) is 0. The molecule has 0 aliphatic heterocycles. The monoisotopic (exact) mass is 358 g/mol. The van der Waals surface area contributed by atoms with Gasteiger partial charge in [-0.3, -0.25) is 4.79 Å². The second-order valence-corrected chi connectivity index (χ2v) is 6.87. The maximum atomic E-state index is 12.1. The molecule has 3 heterocycles. The number of hydrogen-bond acceptors (Lipinski definition) is 4. The van der Waals surface area contributed by atoms with Gasteiger partial charge in [-0.15, -0.1) is 11.3 Å². The number of nitrogens with one attached hydrogen (secondary N) is 3. The van der Waals surface area contributed by atoms with Crippen molar-refractivity contribution < 1.29 is 0 Å². The molecule has 5 rings (SSSR count). The third kappa shape index (κ3) is 2.48. The summed E-state index contributed by atoms with van der Waals surface area (Å²) in [5.74, 6) is 0. The van der Waals surface area contributed by atoms with Crippen LogP contribution in [0.5, 0.6) is 0 Å². The van der Waals surface area contributed by atoms with Crippen molar-refractivity contribution in [3.63, 3.8) is 0 Å². The number of anilines is 2. The Morgan fingerprint density at radius 1 is 1.00 bits per heavy atom. The van der Waals surface area contributed by atoms with Gasteiger partial charge in [-0.2, -0.15) is 0 Å². The molecular formula is C20H14N4OS. The number of nitrogens with zero attached hydrogens (tertiary/aromatic N) is 1. The van der Waals surface area contributed by atoms with E-state index >= 15 is 0 Å². The Balaban J connectivity index is 1.57. The molecule has 0 atom stereocenters. The van der Waals surface area contributed by atoms with Crippen LogP contribution in [-0.4, -0.2) is 15.0 Å². The van der Waals surface area contributed by atoms with Crippen LogP contribution in [0.4, 0.5) is 10.8 Å². The molecule has 126 valence electrons. The summed E-state index contributed by atoms with van der Waals surface area (Å²) in [6, 6.07) is 17.9. The zero-order valence-corrected chi connectivity index (χ0v) is 14.4. The van der Waals surface area contributed by atoms with Crippen molar-refractivity contribution in [3.05, 3.63) is 76.5 Å². The molecule has 0 saturated carbocycles. The summed E-state index contributed by atoms with van der Waals surface area (Å²) in [5.41, 5.74) is 4.25. The van der Waals surface area contributed by atoms with Crippen LogP contribution in [0.25, 0.3) is 33.1 Å².